The topological polar surface area (TPSA) is 102 Å². The monoisotopic (exact) mass is 395 g/mol. The van der Waals surface area contributed by atoms with Gasteiger partial charge in [-0.3, -0.25) is 14.9 Å². The number of nitrogens with one attached hydrogen (secondary N) is 1. The third-order valence-corrected chi connectivity index (χ3v) is 3.87. The number of anilines is 2. The smallest absolute Gasteiger partial charge is 0.416 e. The standard InChI is InChI=1S/C17H12F3N3O5/c18-17(19,20)10-1-3-11(4-2-10)21-15(24)8-22-9-16(25)28-14-7-12(23(26)27)5-6-13(14)22/h1-7H,8-9H2,(H,21,24). The van der Waals surface area contributed by atoms with E-state index in [2.05, 4.69) is 5.32 Å². The first-order valence-electron chi connectivity index (χ1n) is 7.84. The van der Waals surface area contributed by atoms with Crippen molar-refractivity contribution in [3.05, 3.63) is 58.1 Å². The molecular weight excluding hydrogens is 383 g/mol. The lowest BCUT2D eigenvalue weighted by atomic mass is 10.2. The van der Waals surface area contributed by atoms with Gasteiger partial charge in [0.15, 0.2) is 5.75 Å². The summed E-state index contributed by atoms with van der Waals surface area (Å²) in [6.45, 7) is -0.563. The van der Waals surface area contributed by atoms with E-state index in [1.54, 1.807) is 0 Å². The Bertz CT molecular complexity index is 944. The zero-order valence-corrected chi connectivity index (χ0v) is 14.0. The van der Waals surface area contributed by atoms with Gasteiger partial charge in [-0.05, 0) is 30.3 Å². The summed E-state index contributed by atoms with van der Waals surface area (Å²) in [4.78, 5) is 35.5. The van der Waals surface area contributed by atoms with Crippen molar-refractivity contribution >= 4 is 28.9 Å². The maximum absolute atomic E-state index is 12.6. The van der Waals surface area contributed by atoms with Crippen molar-refractivity contribution in [3.63, 3.8) is 0 Å². The lowest BCUT2D eigenvalue weighted by molar-refractivity contribution is -0.384. The third kappa shape index (κ3) is 4.19. The molecule has 1 aliphatic rings. The number of rotatable bonds is 4. The van der Waals surface area contributed by atoms with Gasteiger partial charge >= 0.3 is 12.1 Å². The highest BCUT2D eigenvalue weighted by atomic mass is 19.4. The van der Waals surface area contributed by atoms with E-state index in [4.69, 9.17) is 4.74 Å². The van der Waals surface area contributed by atoms with Crippen molar-refractivity contribution in [2.45, 2.75) is 6.18 Å². The lowest BCUT2D eigenvalue weighted by Crippen LogP contribution is -2.41. The summed E-state index contributed by atoms with van der Waals surface area (Å²) in [5.41, 5.74) is -0.656. The maximum atomic E-state index is 12.6. The Balaban J connectivity index is 1.72. The van der Waals surface area contributed by atoms with E-state index in [1.165, 1.54) is 17.0 Å². The number of ether oxygens (including phenoxy) is 1. The van der Waals surface area contributed by atoms with Crippen LogP contribution >= 0.6 is 0 Å². The van der Waals surface area contributed by atoms with Crippen molar-refractivity contribution < 1.29 is 32.4 Å². The number of esters is 1. The van der Waals surface area contributed by atoms with Crippen LogP contribution in [0, 0.1) is 10.1 Å². The maximum Gasteiger partial charge on any atom is 0.416 e. The summed E-state index contributed by atoms with van der Waals surface area (Å²) >= 11 is 0. The highest BCUT2D eigenvalue weighted by Gasteiger charge is 2.30. The van der Waals surface area contributed by atoms with Crippen LogP contribution in [0.2, 0.25) is 0 Å². The molecule has 0 aliphatic carbocycles. The average Bonchev–Trinajstić information content (AvgIpc) is 2.60. The molecule has 0 unspecified atom stereocenters. The number of carbonyl (C=O) groups is 2. The van der Waals surface area contributed by atoms with Gasteiger partial charge in [0.25, 0.3) is 5.69 Å². The van der Waals surface area contributed by atoms with Gasteiger partial charge < -0.3 is 15.0 Å². The molecule has 0 saturated heterocycles. The Morgan fingerprint density at radius 2 is 1.89 bits per heavy atom. The van der Waals surface area contributed by atoms with Gasteiger partial charge in [-0.25, -0.2) is 4.79 Å². The van der Waals surface area contributed by atoms with Gasteiger partial charge in [0, 0.05) is 11.8 Å². The molecule has 3 rings (SSSR count). The van der Waals surface area contributed by atoms with E-state index in [0.717, 1.165) is 30.3 Å². The molecule has 2 aromatic carbocycles. The first-order valence-corrected chi connectivity index (χ1v) is 7.84. The SMILES string of the molecule is O=C(CN1CC(=O)Oc2cc([N+](=O)[O-])ccc21)Nc1ccc(C(F)(F)F)cc1. The van der Waals surface area contributed by atoms with Crippen molar-refractivity contribution in [2.24, 2.45) is 0 Å². The first-order chi connectivity index (χ1) is 13.1. The Morgan fingerprint density at radius 1 is 1.21 bits per heavy atom. The molecule has 1 amide bonds. The van der Waals surface area contributed by atoms with Gasteiger partial charge in [-0.15, -0.1) is 0 Å². The molecule has 1 N–H and O–H groups in total. The second-order valence-corrected chi connectivity index (χ2v) is 5.86. The number of carbonyl (C=O) groups excluding carboxylic acids is 2. The molecule has 1 heterocycles. The fourth-order valence-corrected chi connectivity index (χ4v) is 2.61. The van der Waals surface area contributed by atoms with Crippen LogP contribution in [-0.4, -0.2) is 29.9 Å². The second-order valence-electron chi connectivity index (χ2n) is 5.86. The normalized spacial score (nSPS) is 13.5. The second kappa shape index (κ2) is 7.18. The van der Waals surface area contributed by atoms with Crippen LogP contribution in [0.25, 0.3) is 0 Å². The van der Waals surface area contributed by atoms with Crippen LogP contribution in [0.3, 0.4) is 0 Å². The van der Waals surface area contributed by atoms with Crippen molar-refractivity contribution in [2.75, 3.05) is 23.3 Å². The summed E-state index contributed by atoms with van der Waals surface area (Å²) in [5.74, 6) is -1.33. The van der Waals surface area contributed by atoms with E-state index in [-0.39, 0.29) is 30.2 Å². The number of hydrogen-bond donors (Lipinski definition) is 1. The van der Waals surface area contributed by atoms with Crippen LogP contribution in [0.5, 0.6) is 5.75 Å². The minimum Gasteiger partial charge on any atom is -0.423 e. The molecule has 2 aromatic rings. The number of halogens is 3. The predicted octanol–water partition coefficient (Wildman–Crippen LogP) is 2.98. The number of fused-ring (bicyclic) bond motifs is 1. The molecule has 0 radical (unpaired) electrons. The third-order valence-electron chi connectivity index (χ3n) is 3.87. The number of hydrogen-bond acceptors (Lipinski definition) is 6. The summed E-state index contributed by atoms with van der Waals surface area (Å²) in [5, 5.41) is 13.3. The van der Waals surface area contributed by atoms with Gasteiger partial charge in [0.1, 0.15) is 6.54 Å². The molecule has 0 bridgehead atoms. The quantitative estimate of drug-likeness (QED) is 0.370. The molecule has 0 spiro atoms. The Kier molecular flexibility index (Phi) is 4.91. The average molecular weight is 395 g/mol. The molecular formula is C17H12F3N3O5. The summed E-state index contributed by atoms with van der Waals surface area (Å²) in [6, 6.07) is 7.53. The van der Waals surface area contributed by atoms with E-state index in [1.807, 2.05) is 0 Å². The fourth-order valence-electron chi connectivity index (χ4n) is 2.61. The van der Waals surface area contributed by atoms with Crippen LogP contribution in [-0.2, 0) is 15.8 Å². The molecule has 0 saturated carbocycles. The Morgan fingerprint density at radius 3 is 2.50 bits per heavy atom. The number of nitro benzene ring substituents is 1. The molecule has 28 heavy (non-hydrogen) atoms. The molecule has 8 nitrogen and oxygen atoms in total. The van der Waals surface area contributed by atoms with E-state index >= 15 is 0 Å². The number of nitrogens with zero attached hydrogens (tertiary/aromatic N) is 2. The van der Waals surface area contributed by atoms with Crippen LogP contribution in [0.4, 0.5) is 30.2 Å². The zero-order valence-electron chi connectivity index (χ0n) is 14.0. The van der Waals surface area contributed by atoms with Gasteiger partial charge in [0.2, 0.25) is 5.91 Å². The number of benzene rings is 2. The number of nitro groups is 1. The zero-order chi connectivity index (χ0) is 20.5. The number of alkyl halides is 3. The Labute approximate surface area is 155 Å². The molecule has 0 fully saturated rings. The van der Waals surface area contributed by atoms with Crippen LogP contribution in [0.15, 0.2) is 42.5 Å². The van der Waals surface area contributed by atoms with Gasteiger partial charge in [-0.2, -0.15) is 13.2 Å². The fraction of sp³-hybridized carbons (Fsp3) is 0.176. The Hall–Kier alpha value is -3.63. The highest BCUT2D eigenvalue weighted by Crippen LogP contribution is 2.35. The van der Waals surface area contributed by atoms with Crippen LogP contribution in [0.1, 0.15) is 5.56 Å². The molecule has 146 valence electrons. The minimum absolute atomic E-state index is 0.0484. The van der Waals surface area contributed by atoms with Crippen molar-refractivity contribution in [1.82, 2.24) is 0 Å². The molecule has 11 heteroatoms. The summed E-state index contributed by atoms with van der Waals surface area (Å²) < 4.78 is 42.7. The van der Waals surface area contributed by atoms with Crippen LogP contribution < -0.4 is 15.0 Å². The molecule has 1 aliphatic heterocycles. The van der Waals surface area contributed by atoms with Crippen molar-refractivity contribution in [3.8, 4) is 5.75 Å². The first kappa shape index (κ1) is 19.1. The van der Waals surface area contributed by atoms with E-state index in [9.17, 15) is 32.9 Å². The minimum atomic E-state index is -4.48. The number of non-ortho nitro benzene ring substituents is 1. The largest absolute Gasteiger partial charge is 0.423 e. The van der Waals surface area contributed by atoms with Gasteiger partial charge in [0.05, 0.1) is 28.8 Å². The highest BCUT2D eigenvalue weighted by molar-refractivity contribution is 5.96. The lowest BCUT2D eigenvalue weighted by Gasteiger charge is -2.28. The summed E-state index contributed by atoms with van der Waals surface area (Å²) in [6.07, 6.45) is -4.48. The van der Waals surface area contributed by atoms with E-state index < -0.39 is 28.5 Å². The molecule has 0 aromatic heterocycles. The predicted molar refractivity (Wildman–Crippen MR) is 91.0 cm³/mol. The molecule has 0 atom stereocenters. The van der Waals surface area contributed by atoms with E-state index in [0.29, 0.717) is 5.69 Å². The van der Waals surface area contributed by atoms with Crippen molar-refractivity contribution in [1.29, 1.82) is 0 Å². The van der Waals surface area contributed by atoms with Gasteiger partial charge in [-0.1, -0.05) is 0 Å². The summed E-state index contributed by atoms with van der Waals surface area (Å²) in [7, 11) is 0. The number of amides is 1.